The van der Waals surface area contributed by atoms with Crippen LogP contribution in [0.5, 0.6) is 11.5 Å². The Bertz CT molecular complexity index is 1680. The number of hydrogen-bond acceptors (Lipinski definition) is 10. The second-order valence-corrected chi connectivity index (χ2v) is 13.0. The van der Waals surface area contributed by atoms with E-state index in [1.165, 1.54) is 37.3 Å². The molecule has 1 atom stereocenters. The molecule has 4 aromatic rings. The van der Waals surface area contributed by atoms with Crippen LogP contribution in [0.3, 0.4) is 0 Å². The van der Waals surface area contributed by atoms with E-state index in [0.29, 0.717) is 51.6 Å². The summed E-state index contributed by atoms with van der Waals surface area (Å²) in [5, 5.41) is 15.2. The van der Waals surface area contributed by atoms with Crippen molar-refractivity contribution in [3.63, 3.8) is 0 Å². The van der Waals surface area contributed by atoms with E-state index in [4.69, 9.17) is 14.2 Å². The zero-order valence-electron chi connectivity index (χ0n) is 26.3. The van der Waals surface area contributed by atoms with Crippen molar-refractivity contribution in [3.05, 3.63) is 81.5 Å². The number of rotatable bonds is 14. The van der Waals surface area contributed by atoms with Gasteiger partial charge in [-0.2, -0.15) is 0 Å². The Morgan fingerprint density at radius 2 is 1.78 bits per heavy atom. The van der Waals surface area contributed by atoms with E-state index in [-0.39, 0.29) is 25.0 Å². The van der Waals surface area contributed by atoms with Crippen molar-refractivity contribution in [1.29, 1.82) is 0 Å². The molecule has 0 saturated carbocycles. The quantitative estimate of drug-likeness (QED) is 0.136. The molecule has 2 N–H and O–H groups in total. The molecular weight excluding hydrogens is 627 g/mol. The number of aromatic nitrogens is 3. The molecule has 2 aromatic carbocycles. The van der Waals surface area contributed by atoms with Crippen LogP contribution >= 0.6 is 23.1 Å². The molecule has 2 aromatic heterocycles. The van der Waals surface area contributed by atoms with Crippen LogP contribution in [-0.2, 0) is 41.9 Å². The number of ether oxygens (including phenoxy) is 3. The van der Waals surface area contributed by atoms with Gasteiger partial charge in [-0.1, -0.05) is 42.1 Å². The number of carbonyl (C=O) groups excluding carboxylic acids is 3. The third-order valence-corrected chi connectivity index (χ3v) is 9.86. The van der Waals surface area contributed by atoms with Crippen LogP contribution in [0.25, 0.3) is 0 Å². The monoisotopic (exact) mass is 663 g/mol. The van der Waals surface area contributed by atoms with Gasteiger partial charge in [0.05, 0.1) is 38.2 Å². The highest BCUT2D eigenvalue weighted by Gasteiger charge is 2.30. The molecule has 2 amide bonds. The zero-order valence-corrected chi connectivity index (χ0v) is 27.9. The van der Waals surface area contributed by atoms with Gasteiger partial charge in [0.25, 0.3) is 5.91 Å². The average Bonchev–Trinajstić information content (AvgIpc) is 3.77. The third kappa shape index (κ3) is 7.71. The van der Waals surface area contributed by atoms with Crippen LogP contribution in [0.4, 0.5) is 5.00 Å². The highest BCUT2D eigenvalue weighted by Crippen LogP contribution is 2.40. The predicted octanol–water partition coefficient (Wildman–Crippen LogP) is 5.31. The molecule has 0 bridgehead atoms. The summed E-state index contributed by atoms with van der Waals surface area (Å²) in [5.74, 6) is 0.573. The maximum absolute atomic E-state index is 13.4. The maximum Gasteiger partial charge on any atom is 0.341 e. The minimum absolute atomic E-state index is 0.116. The van der Waals surface area contributed by atoms with Gasteiger partial charge in [-0.15, -0.1) is 21.5 Å². The lowest BCUT2D eigenvalue weighted by molar-refractivity contribution is -0.115. The second kappa shape index (κ2) is 15.3. The van der Waals surface area contributed by atoms with Crippen LogP contribution in [0.2, 0.25) is 0 Å². The number of thiophene rings is 1. The van der Waals surface area contributed by atoms with E-state index >= 15 is 0 Å². The van der Waals surface area contributed by atoms with Crippen molar-refractivity contribution in [2.45, 2.75) is 63.0 Å². The molecule has 5 rings (SSSR count). The molecule has 13 heteroatoms. The molecule has 0 saturated heterocycles. The summed E-state index contributed by atoms with van der Waals surface area (Å²) >= 11 is 2.72. The van der Waals surface area contributed by atoms with E-state index in [9.17, 15) is 14.4 Å². The summed E-state index contributed by atoms with van der Waals surface area (Å²) in [4.78, 5) is 40.4. The van der Waals surface area contributed by atoms with Gasteiger partial charge in [-0.25, -0.2) is 4.79 Å². The van der Waals surface area contributed by atoms with Crippen LogP contribution in [-0.4, -0.2) is 58.6 Å². The van der Waals surface area contributed by atoms with E-state index in [1.807, 2.05) is 34.9 Å². The molecule has 0 unspecified atom stereocenters. The Kier molecular flexibility index (Phi) is 11.0. The van der Waals surface area contributed by atoms with Crippen LogP contribution in [0.15, 0.2) is 53.7 Å². The fraction of sp³-hybridized carbons (Fsp3) is 0.364. The van der Waals surface area contributed by atoms with Crippen molar-refractivity contribution in [1.82, 2.24) is 20.1 Å². The van der Waals surface area contributed by atoms with E-state index in [1.54, 1.807) is 32.0 Å². The number of nitrogens with one attached hydrogen (secondary N) is 2. The first-order valence-electron chi connectivity index (χ1n) is 15.1. The Morgan fingerprint density at radius 3 is 2.48 bits per heavy atom. The first-order chi connectivity index (χ1) is 22.3. The van der Waals surface area contributed by atoms with Crippen LogP contribution < -0.4 is 20.1 Å². The minimum Gasteiger partial charge on any atom is -0.497 e. The summed E-state index contributed by atoms with van der Waals surface area (Å²) in [6.45, 7) is 4.48. The van der Waals surface area contributed by atoms with Gasteiger partial charge in [-0.3, -0.25) is 9.59 Å². The normalized spacial score (nSPS) is 12.7. The number of aryl methyl sites for hydroxylation is 2. The molecule has 0 spiro atoms. The number of fused-ring (bicyclic) bond motifs is 1. The number of hydrogen-bond donors (Lipinski definition) is 2. The summed E-state index contributed by atoms with van der Waals surface area (Å²) in [5.41, 5.74) is 2.98. The van der Waals surface area contributed by atoms with E-state index in [0.717, 1.165) is 35.3 Å². The van der Waals surface area contributed by atoms with Gasteiger partial charge < -0.3 is 29.4 Å². The summed E-state index contributed by atoms with van der Waals surface area (Å²) in [6, 6.07) is 15.0. The first-order valence-corrected chi connectivity index (χ1v) is 16.8. The standard InChI is InChI=1S/C33H37N5O6S2/c1-5-44-32(41)28-25-12-9-13-26(25)46-31(28)35-29(39)20(2)45-33-37-36-27(38(33)15-14-21-10-7-6-8-11-21)19-34-30(40)22-16-23(42-3)18-24(17-22)43-4/h6-8,10-11,16-18,20H,5,9,12-15,19H2,1-4H3,(H,34,40)(H,35,39)/t20-/m1/s1. The van der Waals surface area contributed by atoms with Crippen molar-refractivity contribution in [2.75, 3.05) is 26.1 Å². The smallest absolute Gasteiger partial charge is 0.341 e. The lowest BCUT2D eigenvalue weighted by Crippen LogP contribution is -2.26. The first kappa shape index (κ1) is 33.0. The van der Waals surface area contributed by atoms with Crippen molar-refractivity contribution in [2.24, 2.45) is 0 Å². The fourth-order valence-corrected chi connectivity index (χ4v) is 7.36. The fourth-order valence-electron chi connectivity index (χ4n) is 5.18. The largest absolute Gasteiger partial charge is 0.497 e. The van der Waals surface area contributed by atoms with Gasteiger partial charge in [0.15, 0.2) is 11.0 Å². The Balaban J connectivity index is 1.32. The third-order valence-electron chi connectivity index (χ3n) is 7.57. The lowest BCUT2D eigenvalue weighted by atomic mass is 10.1. The van der Waals surface area contributed by atoms with Gasteiger partial charge in [-0.05, 0) is 62.8 Å². The molecule has 11 nitrogen and oxygen atoms in total. The van der Waals surface area contributed by atoms with Crippen LogP contribution in [0.1, 0.15) is 62.8 Å². The van der Waals surface area contributed by atoms with E-state index in [2.05, 4.69) is 20.8 Å². The van der Waals surface area contributed by atoms with Gasteiger partial charge in [0, 0.05) is 23.1 Å². The average molecular weight is 664 g/mol. The number of esters is 1. The zero-order chi connectivity index (χ0) is 32.6. The minimum atomic E-state index is -0.557. The maximum atomic E-state index is 13.4. The van der Waals surface area contributed by atoms with Crippen LogP contribution in [0, 0.1) is 0 Å². The number of benzene rings is 2. The molecule has 242 valence electrons. The van der Waals surface area contributed by atoms with Gasteiger partial charge in [0.1, 0.15) is 16.5 Å². The molecular formula is C33H37N5O6S2. The number of thioether (sulfide) groups is 1. The Labute approximate surface area is 276 Å². The topological polar surface area (TPSA) is 134 Å². The summed E-state index contributed by atoms with van der Waals surface area (Å²) < 4.78 is 17.8. The number of methoxy groups -OCH3 is 2. The Morgan fingerprint density at radius 1 is 1.04 bits per heavy atom. The molecule has 0 aliphatic heterocycles. The van der Waals surface area contributed by atoms with Crippen molar-refractivity contribution < 1.29 is 28.6 Å². The second-order valence-electron chi connectivity index (χ2n) is 10.6. The molecule has 0 radical (unpaired) electrons. The molecule has 2 heterocycles. The molecule has 0 fully saturated rings. The molecule has 46 heavy (non-hydrogen) atoms. The highest BCUT2D eigenvalue weighted by molar-refractivity contribution is 8.00. The number of anilines is 1. The summed E-state index contributed by atoms with van der Waals surface area (Å²) in [7, 11) is 3.05. The van der Waals surface area contributed by atoms with E-state index < -0.39 is 11.2 Å². The lowest BCUT2D eigenvalue weighted by Gasteiger charge is -2.15. The SMILES string of the molecule is CCOC(=O)c1c(NC(=O)[C@@H](C)Sc2nnc(CNC(=O)c3cc(OC)cc(OC)c3)n2CCc2ccccc2)sc2c1CCC2. The van der Waals surface area contributed by atoms with Crippen molar-refractivity contribution >= 4 is 45.9 Å². The Hall–Kier alpha value is -4.36. The number of amides is 2. The summed E-state index contributed by atoms with van der Waals surface area (Å²) in [6.07, 6.45) is 3.38. The van der Waals surface area contributed by atoms with Gasteiger partial charge >= 0.3 is 5.97 Å². The van der Waals surface area contributed by atoms with Crippen molar-refractivity contribution in [3.8, 4) is 11.5 Å². The number of carbonyl (C=O) groups is 3. The van der Waals surface area contributed by atoms with Gasteiger partial charge in [0.2, 0.25) is 5.91 Å². The molecule has 1 aliphatic rings. The molecule has 1 aliphatic carbocycles. The highest BCUT2D eigenvalue weighted by atomic mass is 32.2. The number of nitrogens with zero attached hydrogens (tertiary/aromatic N) is 3. The predicted molar refractivity (Wildman–Crippen MR) is 177 cm³/mol.